The van der Waals surface area contributed by atoms with Gasteiger partial charge in [-0.05, 0) is 31.5 Å². The lowest BCUT2D eigenvalue weighted by Crippen LogP contribution is -2.16. The fourth-order valence-electron chi connectivity index (χ4n) is 3.31. The Balaban J connectivity index is 1.62. The molecule has 0 fully saturated rings. The van der Waals surface area contributed by atoms with E-state index in [1.807, 2.05) is 30.1 Å². The van der Waals surface area contributed by atoms with E-state index in [0.29, 0.717) is 6.54 Å². The molecular formula is C19H22N6. The van der Waals surface area contributed by atoms with Gasteiger partial charge < -0.3 is 15.2 Å². The van der Waals surface area contributed by atoms with E-state index in [1.54, 1.807) is 6.20 Å². The van der Waals surface area contributed by atoms with Crippen molar-refractivity contribution in [3.63, 3.8) is 0 Å². The quantitative estimate of drug-likeness (QED) is 0.766. The molecule has 0 radical (unpaired) electrons. The van der Waals surface area contributed by atoms with E-state index in [1.165, 1.54) is 16.8 Å². The van der Waals surface area contributed by atoms with Gasteiger partial charge in [0.15, 0.2) is 0 Å². The van der Waals surface area contributed by atoms with Crippen molar-refractivity contribution < 1.29 is 0 Å². The highest BCUT2D eigenvalue weighted by Crippen LogP contribution is 2.21. The fraction of sp³-hybridized carbons (Fsp3) is 0.316. The molecule has 1 aromatic carbocycles. The normalized spacial score (nSPS) is 14.0. The van der Waals surface area contributed by atoms with Crippen LogP contribution in [0.15, 0.2) is 43.0 Å². The lowest BCUT2D eigenvalue weighted by Gasteiger charge is -2.15. The molecule has 1 aliphatic rings. The van der Waals surface area contributed by atoms with Crippen LogP contribution in [0.2, 0.25) is 0 Å². The molecule has 2 aromatic heterocycles. The summed E-state index contributed by atoms with van der Waals surface area (Å²) in [7, 11) is 0. The Kier molecular flexibility index (Phi) is 4.43. The number of rotatable bonds is 4. The molecule has 0 saturated heterocycles. The molecule has 0 bridgehead atoms. The number of aryl methyl sites for hydroxylation is 1. The Morgan fingerprint density at radius 2 is 2.04 bits per heavy atom. The molecule has 25 heavy (non-hydrogen) atoms. The van der Waals surface area contributed by atoms with E-state index in [4.69, 9.17) is 0 Å². The molecular weight excluding hydrogens is 312 g/mol. The molecule has 3 heterocycles. The van der Waals surface area contributed by atoms with Crippen molar-refractivity contribution in [1.29, 1.82) is 0 Å². The Morgan fingerprint density at radius 3 is 2.92 bits per heavy atom. The predicted octanol–water partition coefficient (Wildman–Crippen LogP) is 2.27. The number of aromatic nitrogens is 4. The molecule has 0 saturated carbocycles. The van der Waals surface area contributed by atoms with E-state index in [9.17, 15) is 0 Å². The number of anilines is 1. The smallest absolute Gasteiger partial charge is 0.133 e. The lowest BCUT2D eigenvalue weighted by atomic mass is 10.1. The van der Waals surface area contributed by atoms with Crippen LogP contribution in [0.5, 0.6) is 0 Å². The molecule has 0 atom stereocenters. The molecule has 3 aromatic rings. The lowest BCUT2D eigenvalue weighted by molar-refractivity contribution is 0.708. The average Bonchev–Trinajstić information content (AvgIpc) is 3.06. The molecule has 0 spiro atoms. The van der Waals surface area contributed by atoms with Crippen LogP contribution in [-0.4, -0.2) is 32.6 Å². The summed E-state index contributed by atoms with van der Waals surface area (Å²) in [6.45, 7) is 4.62. The van der Waals surface area contributed by atoms with E-state index >= 15 is 0 Å². The monoisotopic (exact) mass is 334 g/mol. The number of para-hydroxylation sites is 1. The van der Waals surface area contributed by atoms with Gasteiger partial charge in [0.1, 0.15) is 11.6 Å². The van der Waals surface area contributed by atoms with Crippen molar-refractivity contribution in [2.24, 2.45) is 0 Å². The van der Waals surface area contributed by atoms with Gasteiger partial charge in [-0.1, -0.05) is 18.2 Å². The van der Waals surface area contributed by atoms with Crippen LogP contribution in [0.3, 0.4) is 0 Å². The molecule has 4 rings (SSSR count). The molecule has 1 aliphatic heterocycles. The van der Waals surface area contributed by atoms with Crippen LogP contribution >= 0.6 is 0 Å². The summed E-state index contributed by atoms with van der Waals surface area (Å²) in [6.07, 6.45) is 7.50. The predicted molar refractivity (Wildman–Crippen MR) is 97.9 cm³/mol. The summed E-state index contributed by atoms with van der Waals surface area (Å²) >= 11 is 0. The Morgan fingerprint density at radius 1 is 1.16 bits per heavy atom. The number of nitrogens with one attached hydrogen (secondary N) is 2. The number of hydrogen-bond acceptors (Lipinski definition) is 5. The van der Waals surface area contributed by atoms with Crippen molar-refractivity contribution in [2.75, 3.05) is 18.4 Å². The minimum atomic E-state index is 0.713. The first-order valence-corrected chi connectivity index (χ1v) is 8.68. The van der Waals surface area contributed by atoms with Crippen LogP contribution in [0.4, 0.5) is 5.82 Å². The summed E-state index contributed by atoms with van der Waals surface area (Å²) in [4.78, 5) is 13.5. The van der Waals surface area contributed by atoms with E-state index in [0.717, 1.165) is 43.3 Å². The summed E-state index contributed by atoms with van der Waals surface area (Å²) in [5.41, 5.74) is 4.75. The van der Waals surface area contributed by atoms with Gasteiger partial charge >= 0.3 is 0 Å². The number of hydrogen-bond donors (Lipinski definition) is 2. The van der Waals surface area contributed by atoms with Crippen LogP contribution < -0.4 is 10.6 Å². The minimum Gasteiger partial charge on any atom is -0.366 e. The fourth-order valence-corrected chi connectivity index (χ4v) is 3.31. The number of nitrogens with zero attached hydrogens (tertiary/aromatic N) is 4. The average molecular weight is 334 g/mol. The van der Waals surface area contributed by atoms with Gasteiger partial charge in [0.05, 0.1) is 17.7 Å². The third-order valence-electron chi connectivity index (χ3n) is 4.52. The molecule has 0 aliphatic carbocycles. The number of benzene rings is 1. The maximum absolute atomic E-state index is 4.67. The summed E-state index contributed by atoms with van der Waals surface area (Å²) in [5.74, 6) is 1.79. The van der Waals surface area contributed by atoms with Gasteiger partial charge in [0.2, 0.25) is 0 Å². The highest BCUT2D eigenvalue weighted by atomic mass is 15.1. The van der Waals surface area contributed by atoms with Gasteiger partial charge in [0.25, 0.3) is 0 Å². The highest BCUT2D eigenvalue weighted by molar-refractivity contribution is 5.50. The van der Waals surface area contributed by atoms with E-state index in [2.05, 4.69) is 43.8 Å². The molecule has 6 heteroatoms. The zero-order chi connectivity index (χ0) is 17.1. The van der Waals surface area contributed by atoms with Crippen LogP contribution in [-0.2, 0) is 19.4 Å². The third-order valence-corrected chi connectivity index (χ3v) is 4.52. The van der Waals surface area contributed by atoms with Crippen molar-refractivity contribution in [1.82, 2.24) is 24.8 Å². The van der Waals surface area contributed by atoms with Crippen molar-refractivity contribution >= 4 is 5.82 Å². The maximum atomic E-state index is 4.67. The van der Waals surface area contributed by atoms with Gasteiger partial charge in [-0.25, -0.2) is 15.0 Å². The second-order valence-electron chi connectivity index (χ2n) is 6.25. The van der Waals surface area contributed by atoms with Crippen LogP contribution in [0, 0.1) is 6.92 Å². The van der Waals surface area contributed by atoms with E-state index < -0.39 is 0 Å². The third kappa shape index (κ3) is 3.39. The first-order chi connectivity index (χ1) is 12.3. The second-order valence-corrected chi connectivity index (χ2v) is 6.25. The zero-order valence-corrected chi connectivity index (χ0v) is 14.4. The first-order valence-electron chi connectivity index (χ1n) is 8.68. The molecule has 0 amide bonds. The second kappa shape index (κ2) is 7.03. The SMILES string of the molecule is Cc1nc2c(c(NCc3ccccc3-n3ccnc3)n1)CCNCC2. The van der Waals surface area contributed by atoms with Crippen molar-refractivity contribution in [3.05, 3.63) is 65.6 Å². The Labute approximate surface area is 147 Å². The Hall–Kier alpha value is -2.73. The molecule has 2 N–H and O–H groups in total. The first kappa shape index (κ1) is 15.8. The molecule has 128 valence electrons. The van der Waals surface area contributed by atoms with Gasteiger partial charge in [0, 0.05) is 37.5 Å². The van der Waals surface area contributed by atoms with Gasteiger partial charge in [-0.2, -0.15) is 0 Å². The highest BCUT2D eigenvalue weighted by Gasteiger charge is 2.15. The summed E-state index contributed by atoms with van der Waals surface area (Å²) in [5, 5.41) is 6.98. The van der Waals surface area contributed by atoms with Crippen LogP contribution in [0.1, 0.15) is 22.6 Å². The van der Waals surface area contributed by atoms with E-state index in [-0.39, 0.29) is 0 Å². The zero-order valence-electron chi connectivity index (χ0n) is 14.4. The summed E-state index contributed by atoms with van der Waals surface area (Å²) < 4.78 is 2.03. The van der Waals surface area contributed by atoms with Crippen LogP contribution in [0.25, 0.3) is 5.69 Å². The number of imidazole rings is 1. The molecule has 6 nitrogen and oxygen atoms in total. The maximum Gasteiger partial charge on any atom is 0.133 e. The van der Waals surface area contributed by atoms with Gasteiger partial charge in [-0.3, -0.25) is 0 Å². The number of fused-ring (bicyclic) bond motifs is 1. The minimum absolute atomic E-state index is 0.713. The van der Waals surface area contributed by atoms with Crippen molar-refractivity contribution in [2.45, 2.75) is 26.3 Å². The summed E-state index contributed by atoms with van der Waals surface area (Å²) in [6, 6.07) is 8.35. The largest absolute Gasteiger partial charge is 0.366 e. The standard InChI is InChI=1S/C19H22N6/c1-14-23-17-7-9-20-8-6-16(17)19(24-14)22-12-15-4-2-3-5-18(15)25-11-10-21-13-25/h2-5,10-11,13,20H,6-9,12H2,1H3,(H,22,23,24). The van der Waals surface area contributed by atoms with Crippen molar-refractivity contribution in [3.8, 4) is 5.69 Å². The molecule has 0 unspecified atom stereocenters. The topological polar surface area (TPSA) is 67.7 Å². The van der Waals surface area contributed by atoms with Gasteiger partial charge in [-0.15, -0.1) is 0 Å². The Bertz CT molecular complexity index is 856.